The smallest absolute Gasteiger partial charge is 0.379 e. The molecule has 31 heavy (non-hydrogen) atoms. The lowest BCUT2D eigenvalue weighted by molar-refractivity contribution is -0.147. The second kappa shape index (κ2) is 10.1. The number of carbonyl (C=O) groups is 4. The molecule has 0 aliphatic rings. The summed E-state index contributed by atoms with van der Waals surface area (Å²) in [6, 6.07) is 7.29. The van der Waals surface area contributed by atoms with Gasteiger partial charge in [0.05, 0.1) is 6.42 Å². The Hall–Kier alpha value is -4.15. The van der Waals surface area contributed by atoms with Crippen molar-refractivity contribution in [2.24, 2.45) is 11.7 Å². The van der Waals surface area contributed by atoms with E-state index >= 15 is 0 Å². The summed E-state index contributed by atoms with van der Waals surface area (Å²) in [4.78, 5) is 46.2. The topological polar surface area (TPSA) is 193 Å². The average Bonchev–Trinajstić information content (AvgIpc) is 3.16. The fourth-order valence-electron chi connectivity index (χ4n) is 2.54. The van der Waals surface area contributed by atoms with Gasteiger partial charge in [0, 0.05) is 17.9 Å². The van der Waals surface area contributed by atoms with Gasteiger partial charge in [-0.15, -0.1) is 0 Å². The molecule has 0 fully saturated rings. The summed E-state index contributed by atoms with van der Waals surface area (Å²) in [6.45, 7) is 1.51. The monoisotopic (exact) mass is 431 g/mol. The van der Waals surface area contributed by atoms with Gasteiger partial charge in [-0.3, -0.25) is 15.0 Å². The van der Waals surface area contributed by atoms with Crippen LogP contribution in [0.15, 0.2) is 40.8 Å². The zero-order valence-electron chi connectivity index (χ0n) is 16.5. The van der Waals surface area contributed by atoms with Gasteiger partial charge in [-0.1, -0.05) is 6.92 Å². The molecule has 2 aromatic rings. The predicted octanol–water partition coefficient (Wildman–Crippen LogP) is 1.01. The van der Waals surface area contributed by atoms with Gasteiger partial charge >= 0.3 is 17.9 Å². The fraction of sp³-hybridized carbons (Fsp3) is 0.250. The Balaban J connectivity index is 1.95. The molecule has 1 aromatic carbocycles. The number of hydrogen-bond acceptors (Lipinski definition) is 7. The number of nitrogen functional groups attached to an aromatic ring is 1. The van der Waals surface area contributed by atoms with Crippen molar-refractivity contribution in [1.82, 2.24) is 5.32 Å². The Morgan fingerprint density at radius 2 is 1.77 bits per heavy atom. The van der Waals surface area contributed by atoms with Crippen LogP contribution in [0.4, 0.5) is 0 Å². The van der Waals surface area contributed by atoms with E-state index in [1.807, 2.05) is 0 Å². The number of benzene rings is 1. The van der Waals surface area contributed by atoms with Crippen molar-refractivity contribution in [2.75, 3.05) is 0 Å². The highest BCUT2D eigenvalue weighted by Crippen LogP contribution is 2.17. The fourth-order valence-corrected chi connectivity index (χ4v) is 2.54. The van der Waals surface area contributed by atoms with Crippen molar-refractivity contribution in [1.29, 1.82) is 5.41 Å². The average molecular weight is 431 g/mol. The van der Waals surface area contributed by atoms with Crippen LogP contribution in [0.1, 0.15) is 35.2 Å². The quantitative estimate of drug-likeness (QED) is 0.158. The summed E-state index contributed by atoms with van der Waals surface area (Å²) in [7, 11) is 0. The van der Waals surface area contributed by atoms with Gasteiger partial charge in [-0.2, -0.15) is 0 Å². The molecule has 0 radical (unpaired) electrons. The lowest BCUT2D eigenvalue weighted by Crippen LogP contribution is -2.44. The first-order valence-corrected chi connectivity index (χ1v) is 9.07. The molecule has 0 bridgehead atoms. The predicted molar refractivity (Wildman–Crippen MR) is 106 cm³/mol. The van der Waals surface area contributed by atoms with Crippen LogP contribution in [-0.4, -0.2) is 45.9 Å². The van der Waals surface area contributed by atoms with E-state index in [-0.39, 0.29) is 29.5 Å². The second-order valence-electron chi connectivity index (χ2n) is 6.70. The van der Waals surface area contributed by atoms with E-state index in [9.17, 15) is 19.2 Å². The van der Waals surface area contributed by atoms with Crippen LogP contribution < -0.4 is 15.8 Å². The second-order valence-corrected chi connectivity index (χ2v) is 6.70. The number of ether oxygens (including phenoxy) is 1. The SMILES string of the molecule is C[C@@H](Cc1ccc(C(=O)Oc2ccc(C(=N)N)cc2)o1)C(=O)N[C@H](CC(=O)O)C(=O)O. The van der Waals surface area contributed by atoms with Crippen molar-refractivity contribution in [3.8, 4) is 5.75 Å². The van der Waals surface area contributed by atoms with E-state index in [0.29, 0.717) is 5.56 Å². The first-order valence-electron chi connectivity index (χ1n) is 9.07. The lowest BCUT2D eigenvalue weighted by atomic mass is 10.0. The molecule has 1 aromatic heterocycles. The molecule has 0 saturated carbocycles. The minimum Gasteiger partial charge on any atom is -0.481 e. The van der Waals surface area contributed by atoms with Crippen molar-refractivity contribution >= 4 is 29.7 Å². The van der Waals surface area contributed by atoms with Gasteiger partial charge in [-0.25, -0.2) is 9.59 Å². The number of carboxylic acids is 2. The number of amidine groups is 1. The minimum absolute atomic E-state index is 0.0475. The van der Waals surface area contributed by atoms with Crippen molar-refractivity contribution in [2.45, 2.75) is 25.8 Å². The van der Waals surface area contributed by atoms with E-state index in [1.54, 1.807) is 0 Å². The van der Waals surface area contributed by atoms with Gasteiger partial charge in [0.2, 0.25) is 11.7 Å². The number of furan rings is 1. The van der Waals surface area contributed by atoms with Crippen molar-refractivity contribution in [3.63, 3.8) is 0 Å². The van der Waals surface area contributed by atoms with Crippen molar-refractivity contribution < 1.29 is 38.5 Å². The summed E-state index contributed by atoms with van der Waals surface area (Å²) in [5.74, 6) is -4.72. The molecule has 0 aliphatic carbocycles. The maximum Gasteiger partial charge on any atom is 0.379 e. The standard InChI is InChI=1S/C20H21N3O8/c1-10(18(26)23-14(19(27)28)9-16(24)25)8-13-6-7-15(30-13)20(29)31-12-4-2-11(3-5-12)17(21)22/h2-7,10,14H,8-9H2,1H3,(H3,21,22)(H,23,26)(H,24,25)(H,27,28)/t10-,14+/m0/s1. The molecule has 2 atom stereocenters. The summed E-state index contributed by atoms with van der Waals surface area (Å²) in [6.07, 6.45) is -0.705. The first-order chi connectivity index (χ1) is 14.6. The highest BCUT2D eigenvalue weighted by atomic mass is 16.5. The molecule has 11 heteroatoms. The van der Waals surface area contributed by atoms with Crippen LogP contribution in [0.3, 0.4) is 0 Å². The van der Waals surface area contributed by atoms with E-state index in [2.05, 4.69) is 5.32 Å². The van der Waals surface area contributed by atoms with E-state index < -0.39 is 42.2 Å². The molecule has 0 aliphatic heterocycles. The molecule has 1 amide bonds. The molecule has 0 unspecified atom stereocenters. The van der Waals surface area contributed by atoms with Gasteiger partial charge in [-0.05, 0) is 36.4 Å². The summed E-state index contributed by atoms with van der Waals surface area (Å²) in [5.41, 5.74) is 5.83. The number of rotatable bonds is 10. The number of nitrogens with two attached hydrogens (primary N) is 1. The third-order valence-electron chi connectivity index (χ3n) is 4.19. The Bertz CT molecular complexity index is 996. The number of amides is 1. The normalized spacial score (nSPS) is 12.4. The molecular formula is C20H21N3O8. The van der Waals surface area contributed by atoms with E-state index in [4.69, 9.17) is 30.5 Å². The highest BCUT2D eigenvalue weighted by molar-refractivity contribution is 5.95. The largest absolute Gasteiger partial charge is 0.481 e. The van der Waals surface area contributed by atoms with Gasteiger partial charge in [0.1, 0.15) is 23.4 Å². The van der Waals surface area contributed by atoms with Gasteiger partial charge < -0.3 is 30.4 Å². The number of nitrogens with one attached hydrogen (secondary N) is 2. The van der Waals surface area contributed by atoms with Crippen LogP contribution in [0.2, 0.25) is 0 Å². The highest BCUT2D eigenvalue weighted by Gasteiger charge is 2.26. The molecule has 164 valence electrons. The zero-order chi connectivity index (χ0) is 23.1. The number of esters is 1. The zero-order valence-corrected chi connectivity index (χ0v) is 16.5. The molecule has 1 heterocycles. The minimum atomic E-state index is -1.55. The summed E-state index contributed by atoms with van der Waals surface area (Å²) in [5, 5.41) is 27.2. The molecule has 0 saturated heterocycles. The summed E-state index contributed by atoms with van der Waals surface area (Å²) >= 11 is 0. The van der Waals surface area contributed by atoms with Gasteiger partial charge in [0.25, 0.3) is 0 Å². The molecule has 11 nitrogen and oxygen atoms in total. The van der Waals surface area contributed by atoms with Crippen LogP contribution in [0.5, 0.6) is 5.75 Å². The number of carbonyl (C=O) groups excluding carboxylic acids is 2. The van der Waals surface area contributed by atoms with E-state index in [1.165, 1.54) is 43.3 Å². The molecule has 0 spiro atoms. The first kappa shape index (κ1) is 23.1. The van der Waals surface area contributed by atoms with Crippen LogP contribution >= 0.6 is 0 Å². The molecule has 2 rings (SSSR count). The molecular weight excluding hydrogens is 410 g/mol. The summed E-state index contributed by atoms with van der Waals surface area (Å²) < 4.78 is 10.6. The van der Waals surface area contributed by atoms with Crippen molar-refractivity contribution in [3.05, 3.63) is 53.5 Å². The maximum atomic E-state index is 12.2. The van der Waals surface area contributed by atoms with E-state index in [0.717, 1.165) is 0 Å². The lowest BCUT2D eigenvalue weighted by Gasteiger charge is -2.15. The van der Waals surface area contributed by atoms with Crippen LogP contribution in [0.25, 0.3) is 0 Å². The number of carboxylic acid groups (broad SMARTS) is 2. The Morgan fingerprint density at radius 1 is 1.13 bits per heavy atom. The third-order valence-corrected chi connectivity index (χ3v) is 4.19. The van der Waals surface area contributed by atoms with Crippen LogP contribution in [0, 0.1) is 11.3 Å². The Morgan fingerprint density at radius 3 is 2.32 bits per heavy atom. The Kier molecular flexibility index (Phi) is 7.50. The Labute approximate surface area is 176 Å². The van der Waals surface area contributed by atoms with Gasteiger partial charge in [0.15, 0.2) is 0 Å². The van der Waals surface area contributed by atoms with Crippen LogP contribution in [-0.2, 0) is 20.8 Å². The number of aliphatic carboxylic acids is 2. The molecule has 6 N–H and O–H groups in total. The third kappa shape index (κ3) is 6.70. The maximum absolute atomic E-state index is 12.2. The number of hydrogen-bond donors (Lipinski definition) is 5.